The summed E-state index contributed by atoms with van der Waals surface area (Å²) in [6, 6.07) is 2.38. The second kappa shape index (κ2) is 4.72. The summed E-state index contributed by atoms with van der Waals surface area (Å²) in [5.41, 5.74) is 2.51. The number of aromatic nitrogens is 1. The minimum atomic E-state index is 0.0391. The summed E-state index contributed by atoms with van der Waals surface area (Å²) in [5, 5.41) is 6.54. The van der Waals surface area contributed by atoms with Gasteiger partial charge in [-0.3, -0.25) is 9.78 Å². The fourth-order valence-electron chi connectivity index (χ4n) is 4.83. The average molecular weight is 285 g/mol. The summed E-state index contributed by atoms with van der Waals surface area (Å²) < 4.78 is 0. The Bertz CT molecular complexity index is 569. The highest BCUT2D eigenvalue weighted by Gasteiger charge is 2.65. The lowest BCUT2D eigenvalue weighted by atomic mass is 10.0. The van der Waals surface area contributed by atoms with Crippen molar-refractivity contribution in [1.29, 1.82) is 0 Å². The van der Waals surface area contributed by atoms with Crippen LogP contribution in [-0.2, 0) is 0 Å². The van der Waals surface area contributed by atoms with Crippen molar-refractivity contribution in [2.75, 3.05) is 11.9 Å². The van der Waals surface area contributed by atoms with E-state index in [-0.39, 0.29) is 5.91 Å². The van der Waals surface area contributed by atoms with Crippen LogP contribution in [0.1, 0.15) is 42.2 Å². The zero-order valence-corrected chi connectivity index (χ0v) is 12.7. The Balaban J connectivity index is 1.49. The van der Waals surface area contributed by atoms with Crippen LogP contribution >= 0.6 is 0 Å². The van der Waals surface area contributed by atoms with Crippen LogP contribution in [0.25, 0.3) is 0 Å². The molecule has 4 atom stereocenters. The third-order valence-corrected chi connectivity index (χ3v) is 5.69. The molecule has 3 fully saturated rings. The Morgan fingerprint density at radius 1 is 1.33 bits per heavy atom. The smallest absolute Gasteiger partial charge is 0.255 e. The van der Waals surface area contributed by atoms with E-state index in [1.54, 1.807) is 6.20 Å². The van der Waals surface area contributed by atoms with Crippen LogP contribution in [0.5, 0.6) is 0 Å². The third-order valence-electron chi connectivity index (χ3n) is 5.69. The van der Waals surface area contributed by atoms with Crippen molar-refractivity contribution in [3.8, 4) is 0 Å². The first-order valence-electron chi connectivity index (χ1n) is 8.20. The maximum Gasteiger partial charge on any atom is 0.255 e. The van der Waals surface area contributed by atoms with Crippen LogP contribution in [-0.4, -0.2) is 23.5 Å². The minimum absolute atomic E-state index is 0.0391. The summed E-state index contributed by atoms with van der Waals surface area (Å²) in [5.74, 6) is 3.35. The molecule has 0 spiro atoms. The summed E-state index contributed by atoms with van der Waals surface area (Å²) >= 11 is 0. The van der Waals surface area contributed by atoms with Gasteiger partial charge in [-0.05, 0) is 62.8 Å². The van der Waals surface area contributed by atoms with Gasteiger partial charge in [0.05, 0.1) is 11.3 Å². The fraction of sp³-hybridized carbons (Fsp3) is 0.647. The van der Waals surface area contributed by atoms with E-state index < -0.39 is 0 Å². The number of hydrogen-bond donors (Lipinski definition) is 2. The standard InChI is InChI=1S/C17H23N3O/c1-3-18-13-6-9(2)19-8-12(13)17(21)20-16-14-10-4-5-11(7-10)15(14)16/h6,8,10-11,14-16H,3-5,7H2,1-2H3,(H,18,19)(H,20,21). The van der Waals surface area contributed by atoms with Crippen molar-refractivity contribution >= 4 is 11.6 Å². The lowest BCUT2D eigenvalue weighted by molar-refractivity contribution is 0.0944. The summed E-state index contributed by atoms with van der Waals surface area (Å²) in [7, 11) is 0. The van der Waals surface area contributed by atoms with E-state index in [0.717, 1.165) is 41.6 Å². The molecule has 3 saturated carbocycles. The molecule has 21 heavy (non-hydrogen) atoms. The number of hydrogen-bond acceptors (Lipinski definition) is 3. The topological polar surface area (TPSA) is 54.0 Å². The Hall–Kier alpha value is -1.58. The van der Waals surface area contributed by atoms with Gasteiger partial charge in [-0.1, -0.05) is 0 Å². The highest BCUT2D eigenvalue weighted by atomic mass is 16.1. The van der Waals surface area contributed by atoms with Crippen LogP contribution in [0.15, 0.2) is 12.3 Å². The molecule has 0 radical (unpaired) electrons. The van der Waals surface area contributed by atoms with Crippen molar-refractivity contribution < 1.29 is 4.79 Å². The number of amides is 1. The van der Waals surface area contributed by atoms with Crippen LogP contribution in [0, 0.1) is 30.6 Å². The molecule has 1 aromatic rings. The highest BCUT2D eigenvalue weighted by Crippen LogP contribution is 2.65. The van der Waals surface area contributed by atoms with Crippen LogP contribution < -0.4 is 10.6 Å². The first-order valence-corrected chi connectivity index (χ1v) is 8.20. The number of fused-ring (bicyclic) bond motifs is 5. The zero-order valence-electron chi connectivity index (χ0n) is 12.7. The number of rotatable bonds is 4. The number of anilines is 1. The Morgan fingerprint density at radius 3 is 2.71 bits per heavy atom. The molecule has 3 aliphatic rings. The summed E-state index contributed by atoms with van der Waals surface area (Å²) in [6.07, 6.45) is 5.88. The van der Waals surface area contributed by atoms with Gasteiger partial charge in [0.15, 0.2) is 0 Å². The highest BCUT2D eigenvalue weighted by molar-refractivity contribution is 5.99. The normalized spacial score (nSPS) is 35.4. The largest absolute Gasteiger partial charge is 0.385 e. The molecule has 4 rings (SSSR count). The van der Waals surface area contributed by atoms with Gasteiger partial charge in [0.1, 0.15) is 0 Å². The molecule has 1 heterocycles. The van der Waals surface area contributed by atoms with Gasteiger partial charge in [0, 0.05) is 24.5 Å². The first kappa shape index (κ1) is 13.1. The van der Waals surface area contributed by atoms with E-state index in [0.29, 0.717) is 11.6 Å². The average Bonchev–Trinajstić information content (AvgIpc) is 2.84. The molecule has 0 aromatic carbocycles. The molecule has 0 aliphatic heterocycles. The van der Waals surface area contributed by atoms with Crippen LogP contribution in [0.2, 0.25) is 0 Å². The van der Waals surface area contributed by atoms with E-state index in [4.69, 9.17) is 0 Å². The lowest BCUT2D eigenvalue weighted by Gasteiger charge is -2.14. The second-order valence-corrected chi connectivity index (χ2v) is 6.89. The second-order valence-electron chi connectivity index (χ2n) is 6.89. The van der Waals surface area contributed by atoms with Gasteiger partial charge in [-0.2, -0.15) is 0 Å². The molecule has 4 unspecified atom stereocenters. The van der Waals surface area contributed by atoms with E-state index in [1.165, 1.54) is 19.3 Å². The predicted octanol–water partition coefficient (Wildman–Crippen LogP) is 2.60. The zero-order chi connectivity index (χ0) is 14.6. The maximum absolute atomic E-state index is 12.6. The number of pyridine rings is 1. The van der Waals surface area contributed by atoms with E-state index >= 15 is 0 Å². The van der Waals surface area contributed by atoms with Gasteiger partial charge < -0.3 is 10.6 Å². The van der Waals surface area contributed by atoms with E-state index in [1.807, 2.05) is 19.9 Å². The van der Waals surface area contributed by atoms with Crippen molar-refractivity contribution in [2.24, 2.45) is 23.7 Å². The summed E-state index contributed by atoms with van der Waals surface area (Å²) in [6.45, 7) is 4.80. The Morgan fingerprint density at radius 2 is 2.05 bits per heavy atom. The number of carbonyl (C=O) groups excluding carboxylic acids is 1. The Kier molecular flexibility index (Phi) is 2.95. The van der Waals surface area contributed by atoms with Gasteiger partial charge in [-0.15, -0.1) is 0 Å². The van der Waals surface area contributed by atoms with Crippen LogP contribution in [0.3, 0.4) is 0 Å². The number of carbonyl (C=O) groups is 1. The van der Waals surface area contributed by atoms with Gasteiger partial charge in [0.25, 0.3) is 5.91 Å². The molecule has 112 valence electrons. The quantitative estimate of drug-likeness (QED) is 0.894. The SMILES string of the molecule is CCNc1cc(C)ncc1C(=O)NC1C2C3CCC(C3)C12. The molecule has 2 N–H and O–H groups in total. The molecular formula is C17H23N3O. The van der Waals surface area contributed by atoms with Gasteiger partial charge in [-0.25, -0.2) is 0 Å². The van der Waals surface area contributed by atoms with Crippen LogP contribution in [0.4, 0.5) is 5.69 Å². The molecule has 4 heteroatoms. The Labute approximate surface area is 125 Å². The van der Waals surface area contributed by atoms with E-state index in [2.05, 4.69) is 15.6 Å². The monoisotopic (exact) mass is 285 g/mol. The molecule has 1 amide bonds. The molecule has 1 aromatic heterocycles. The first-order chi connectivity index (χ1) is 10.2. The van der Waals surface area contributed by atoms with Gasteiger partial charge >= 0.3 is 0 Å². The molecule has 4 nitrogen and oxygen atoms in total. The van der Waals surface area contributed by atoms with Crippen molar-refractivity contribution in [3.63, 3.8) is 0 Å². The number of nitrogens with zero attached hydrogens (tertiary/aromatic N) is 1. The molecule has 2 bridgehead atoms. The number of nitrogens with one attached hydrogen (secondary N) is 2. The fourth-order valence-corrected chi connectivity index (χ4v) is 4.83. The lowest BCUT2D eigenvalue weighted by Crippen LogP contribution is -2.30. The molecular weight excluding hydrogens is 262 g/mol. The predicted molar refractivity (Wildman–Crippen MR) is 82.2 cm³/mol. The van der Waals surface area contributed by atoms with Crippen molar-refractivity contribution in [2.45, 2.75) is 39.2 Å². The molecule has 0 saturated heterocycles. The van der Waals surface area contributed by atoms with E-state index in [9.17, 15) is 4.79 Å². The van der Waals surface area contributed by atoms with Gasteiger partial charge in [0.2, 0.25) is 0 Å². The number of aryl methyl sites for hydroxylation is 1. The minimum Gasteiger partial charge on any atom is -0.385 e. The third kappa shape index (κ3) is 2.03. The maximum atomic E-state index is 12.6. The summed E-state index contributed by atoms with van der Waals surface area (Å²) in [4.78, 5) is 16.9. The molecule has 3 aliphatic carbocycles. The van der Waals surface area contributed by atoms with Crippen molar-refractivity contribution in [3.05, 3.63) is 23.5 Å². The van der Waals surface area contributed by atoms with Crippen molar-refractivity contribution in [1.82, 2.24) is 10.3 Å².